The van der Waals surface area contributed by atoms with Crippen molar-refractivity contribution in [3.63, 3.8) is 0 Å². The van der Waals surface area contributed by atoms with Crippen LogP contribution >= 0.6 is 0 Å². The van der Waals surface area contributed by atoms with E-state index >= 15 is 0 Å². The number of hydrogen-bond acceptors (Lipinski definition) is 3. The number of nitrogens with one attached hydrogen (secondary N) is 2. The second-order valence-electron chi connectivity index (χ2n) is 3.84. The minimum absolute atomic E-state index is 0.0600. The Bertz CT molecular complexity index is 286. The van der Waals surface area contributed by atoms with Gasteiger partial charge in [0.25, 0.3) is 0 Å². The molecule has 0 rings (SSSR count). The number of rotatable bonds is 7. The summed E-state index contributed by atoms with van der Waals surface area (Å²) in [6.07, 6.45) is 0.545. The summed E-state index contributed by atoms with van der Waals surface area (Å²) in [7, 11) is -3.28. The number of sulfonamides is 1. The summed E-state index contributed by atoms with van der Waals surface area (Å²) in [5.41, 5.74) is 0. The average molecular weight is 236 g/mol. The molecule has 0 aliphatic rings. The van der Waals surface area contributed by atoms with Gasteiger partial charge in [-0.2, -0.15) is 0 Å². The first-order chi connectivity index (χ1) is 6.87. The lowest BCUT2D eigenvalue weighted by Gasteiger charge is -2.08. The minimum Gasteiger partial charge on any atom is -0.355 e. The molecule has 0 aliphatic carbocycles. The van der Waals surface area contributed by atoms with Crippen LogP contribution in [0.3, 0.4) is 0 Å². The average Bonchev–Trinajstić information content (AvgIpc) is 2.11. The fourth-order valence-electron chi connectivity index (χ4n) is 0.897. The van der Waals surface area contributed by atoms with E-state index in [9.17, 15) is 13.2 Å². The smallest absolute Gasteiger partial charge is 0.235 e. The van der Waals surface area contributed by atoms with E-state index in [1.165, 1.54) is 0 Å². The van der Waals surface area contributed by atoms with E-state index in [2.05, 4.69) is 10.0 Å². The molecule has 0 saturated carbocycles. The van der Waals surface area contributed by atoms with Crippen LogP contribution in [-0.4, -0.2) is 33.2 Å². The predicted molar refractivity (Wildman–Crippen MR) is 59.9 cm³/mol. The molecule has 0 atom stereocenters. The third kappa shape index (κ3) is 8.38. The van der Waals surface area contributed by atoms with Crippen LogP contribution in [0.5, 0.6) is 0 Å². The van der Waals surface area contributed by atoms with Gasteiger partial charge in [-0.15, -0.1) is 0 Å². The summed E-state index contributed by atoms with van der Waals surface area (Å²) in [5.74, 6) is 0.134. The van der Waals surface area contributed by atoms with Crippen LogP contribution in [-0.2, 0) is 14.8 Å². The van der Waals surface area contributed by atoms with Crippen LogP contribution in [0.25, 0.3) is 0 Å². The van der Waals surface area contributed by atoms with Crippen LogP contribution < -0.4 is 10.0 Å². The van der Waals surface area contributed by atoms with Crippen molar-refractivity contribution < 1.29 is 13.2 Å². The second kappa shape index (κ2) is 6.79. The summed E-state index contributed by atoms with van der Waals surface area (Å²) < 4.78 is 24.6. The Balaban J connectivity index is 3.80. The van der Waals surface area contributed by atoms with E-state index in [0.717, 1.165) is 0 Å². The summed E-state index contributed by atoms with van der Waals surface area (Å²) in [4.78, 5) is 11.2. The molecule has 0 aromatic rings. The lowest BCUT2D eigenvalue weighted by molar-refractivity contribution is -0.120. The molecule has 0 aromatic heterocycles. The Morgan fingerprint density at radius 1 is 1.33 bits per heavy atom. The number of hydrogen-bond donors (Lipinski definition) is 2. The Labute approximate surface area is 91.7 Å². The van der Waals surface area contributed by atoms with Crippen LogP contribution in [0.1, 0.15) is 27.2 Å². The Morgan fingerprint density at radius 3 is 2.40 bits per heavy atom. The first kappa shape index (κ1) is 14.4. The molecule has 0 saturated heterocycles. The maximum atomic E-state index is 11.2. The van der Waals surface area contributed by atoms with E-state index in [1.807, 2.05) is 13.8 Å². The number of amides is 1. The summed E-state index contributed by atoms with van der Waals surface area (Å²) >= 11 is 0. The minimum atomic E-state index is -3.28. The van der Waals surface area contributed by atoms with Crippen LogP contribution in [0.4, 0.5) is 0 Å². The van der Waals surface area contributed by atoms with Crippen molar-refractivity contribution in [1.29, 1.82) is 0 Å². The van der Waals surface area contributed by atoms with Crippen molar-refractivity contribution in [2.75, 3.05) is 18.8 Å². The van der Waals surface area contributed by atoms with Gasteiger partial charge in [-0.3, -0.25) is 4.79 Å². The van der Waals surface area contributed by atoms with E-state index < -0.39 is 10.0 Å². The lowest BCUT2D eigenvalue weighted by Crippen LogP contribution is -2.39. The molecule has 0 heterocycles. The van der Waals surface area contributed by atoms with Gasteiger partial charge in [0.05, 0.1) is 12.3 Å². The topological polar surface area (TPSA) is 75.3 Å². The summed E-state index contributed by atoms with van der Waals surface area (Å²) in [6, 6.07) is 0. The molecule has 0 aliphatic heterocycles. The molecule has 0 unspecified atom stereocenters. The number of carbonyl (C=O) groups is 1. The maximum absolute atomic E-state index is 11.2. The molecule has 5 nitrogen and oxygen atoms in total. The zero-order valence-electron chi connectivity index (χ0n) is 9.54. The maximum Gasteiger partial charge on any atom is 0.235 e. The highest BCUT2D eigenvalue weighted by molar-refractivity contribution is 7.89. The first-order valence-corrected chi connectivity index (χ1v) is 6.76. The van der Waals surface area contributed by atoms with Crippen molar-refractivity contribution >= 4 is 15.9 Å². The molecule has 0 fully saturated rings. The normalized spacial score (nSPS) is 11.7. The molecule has 90 valence electrons. The molecule has 15 heavy (non-hydrogen) atoms. The molecule has 0 spiro atoms. The molecule has 0 aromatic carbocycles. The van der Waals surface area contributed by atoms with Gasteiger partial charge in [-0.1, -0.05) is 20.8 Å². The van der Waals surface area contributed by atoms with Gasteiger partial charge in [-0.05, 0) is 12.3 Å². The molecular weight excluding hydrogens is 216 g/mol. The zero-order chi connectivity index (χ0) is 11.9. The van der Waals surface area contributed by atoms with Gasteiger partial charge in [0.2, 0.25) is 15.9 Å². The molecule has 6 heteroatoms. The van der Waals surface area contributed by atoms with Crippen molar-refractivity contribution in [1.82, 2.24) is 10.0 Å². The number of carbonyl (C=O) groups excluding carboxylic acids is 1. The highest BCUT2D eigenvalue weighted by Crippen LogP contribution is 1.88. The van der Waals surface area contributed by atoms with Crippen LogP contribution in [0.2, 0.25) is 0 Å². The molecule has 2 N–H and O–H groups in total. The molecule has 0 bridgehead atoms. The van der Waals surface area contributed by atoms with E-state index in [0.29, 0.717) is 18.9 Å². The van der Waals surface area contributed by atoms with Crippen LogP contribution in [0, 0.1) is 5.92 Å². The fourth-order valence-corrected chi connectivity index (χ4v) is 1.93. The third-order valence-electron chi connectivity index (χ3n) is 1.63. The van der Waals surface area contributed by atoms with Gasteiger partial charge in [0.15, 0.2) is 0 Å². The van der Waals surface area contributed by atoms with Gasteiger partial charge >= 0.3 is 0 Å². The van der Waals surface area contributed by atoms with Crippen molar-refractivity contribution in [3.8, 4) is 0 Å². The van der Waals surface area contributed by atoms with Gasteiger partial charge in [0, 0.05) is 6.54 Å². The third-order valence-corrected chi connectivity index (χ3v) is 3.16. The first-order valence-electron chi connectivity index (χ1n) is 5.11. The second-order valence-corrected chi connectivity index (χ2v) is 5.76. The van der Waals surface area contributed by atoms with Crippen molar-refractivity contribution in [3.05, 3.63) is 0 Å². The quantitative estimate of drug-likeness (QED) is 0.657. The Hall–Kier alpha value is -0.620. The summed E-state index contributed by atoms with van der Waals surface area (Å²) in [5, 5.41) is 2.63. The van der Waals surface area contributed by atoms with Gasteiger partial charge in [-0.25, -0.2) is 13.1 Å². The van der Waals surface area contributed by atoms with Crippen LogP contribution in [0.15, 0.2) is 0 Å². The highest BCUT2D eigenvalue weighted by atomic mass is 32.2. The lowest BCUT2D eigenvalue weighted by atomic mass is 10.2. The standard InChI is InChI=1S/C9H20N2O3S/c1-4-5-15(13,14)11-7-9(12)10-6-8(2)3/h8,11H,4-7H2,1-3H3,(H,10,12). The monoisotopic (exact) mass is 236 g/mol. The Morgan fingerprint density at radius 2 is 1.93 bits per heavy atom. The highest BCUT2D eigenvalue weighted by Gasteiger charge is 2.10. The van der Waals surface area contributed by atoms with Gasteiger partial charge in [0.1, 0.15) is 0 Å². The Kier molecular flexibility index (Phi) is 6.51. The van der Waals surface area contributed by atoms with Gasteiger partial charge < -0.3 is 5.32 Å². The summed E-state index contributed by atoms with van der Waals surface area (Å²) in [6.45, 7) is 6.12. The van der Waals surface area contributed by atoms with Crippen molar-refractivity contribution in [2.24, 2.45) is 5.92 Å². The predicted octanol–water partition coefficient (Wildman–Crippen LogP) is 0.0880. The van der Waals surface area contributed by atoms with E-state index in [4.69, 9.17) is 0 Å². The zero-order valence-corrected chi connectivity index (χ0v) is 10.4. The fraction of sp³-hybridized carbons (Fsp3) is 0.889. The molecular formula is C9H20N2O3S. The molecule has 1 amide bonds. The molecule has 0 radical (unpaired) electrons. The van der Waals surface area contributed by atoms with E-state index in [1.54, 1.807) is 6.92 Å². The van der Waals surface area contributed by atoms with Crippen molar-refractivity contribution in [2.45, 2.75) is 27.2 Å². The largest absolute Gasteiger partial charge is 0.355 e. The SMILES string of the molecule is CCCS(=O)(=O)NCC(=O)NCC(C)C. The van der Waals surface area contributed by atoms with E-state index in [-0.39, 0.29) is 18.2 Å².